The lowest BCUT2D eigenvalue weighted by molar-refractivity contribution is -0.167. The van der Waals surface area contributed by atoms with Crippen molar-refractivity contribution in [3.8, 4) is 0 Å². The molecule has 2 heterocycles. The smallest absolute Gasteiger partial charge is 0.329 e. The Morgan fingerprint density at radius 2 is 1.56 bits per heavy atom. The zero-order chi connectivity index (χ0) is 17.6. The lowest BCUT2D eigenvalue weighted by Crippen LogP contribution is -2.33. The molecule has 1 aromatic heterocycles. The van der Waals surface area contributed by atoms with Gasteiger partial charge >= 0.3 is 11.7 Å². The largest absolute Gasteiger partial charge is 0.337 e. The second-order valence-corrected chi connectivity index (χ2v) is 5.55. The van der Waals surface area contributed by atoms with Crippen LogP contribution >= 0.6 is 0 Å². The number of hydroxylamine groups is 2. The first-order chi connectivity index (χ1) is 12.0. The lowest BCUT2D eigenvalue weighted by Gasteiger charge is -2.12. The summed E-state index contributed by atoms with van der Waals surface area (Å²) in [5, 5.41) is 0.476. The molecule has 0 unspecified atom stereocenters. The van der Waals surface area contributed by atoms with E-state index in [4.69, 9.17) is 4.84 Å². The Hall–Kier alpha value is -3.68. The standard InChI is InChI=1S/C17H11N3O5/c21-14(8-9-5-6-12-13(7-9)19-17(24)18-12)25-20-15(22)10-3-1-2-4-11(10)16(20)23/h1-7H,8H2,(H2,18,19,24). The van der Waals surface area contributed by atoms with Gasteiger partial charge in [-0.15, -0.1) is 0 Å². The number of hydrogen-bond donors (Lipinski definition) is 2. The molecule has 0 saturated heterocycles. The number of hydrogen-bond acceptors (Lipinski definition) is 5. The van der Waals surface area contributed by atoms with Crippen molar-refractivity contribution in [2.45, 2.75) is 6.42 Å². The fourth-order valence-corrected chi connectivity index (χ4v) is 2.74. The third-order valence-electron chi connectivity index (χ3n) is 3.88. The summed E-state index contributed by atoms with van der Waals surface area (Å²) in [4.78, 5) is 57.8. The third-order valence-corrected chi connectivity index (χ3v) is 3.88. The van der Waals surface area contributed by atoms with Crippen LogP contribution in [0.2, 0.25) is 0 Å². The average molecular weight is 337 g/mol. The summed E-state index contributed by atoms with van der Waals surface area (Å²) >= 11 is 0. The molecule has 2 N–H and O–H groups in total. The highest BCUT2D eigenvalue weighted by molar-refractivity contribution is 6.20. The second-order valence-electron chi connectivity index (χ2n) is 5.55. The van der Waals surface area contributed by atoms with Gasteiger partial charge < -0.3 is 14.8 Å². The van der Waals surface area contributed by atoms with Crippen LogP contribution in [0, 0.1) is 0 Å². The maximum Gasteiger partial charge on any atom is 0.337 e. The van der Waals surface area contributed by atoms with Gasteiger partial charge in [-0.2, -0.15) is 0 Å². The predicted molar refractivity (Wildman–Crippen MR) is 85.7 cm³/mol. The van der Waals surface area contributed by atoms with Crippen LogP contribution in [-0.2, 0) is 16.1 Å². The quantitative estimate of drug-likeness (QED) is 0.696. The summed E-state index contributed by atoms with van der Waals surface area (Å²) < 4.78 is 0. The van der Waals surface area contributed by atoms with Crippen LogP contribution in [0.25, 0.3) is 11.0 Å². The average Bonchev–Trinajstić information content (AvgIpc) is 3.07. The summed E-state index contributed by atoms with van der Waals surface area (Å²) in [6.45, 7) is 0. The Morgan fingerprint density at radius 3 is 2.24 bits per heavy atom. The highest BCUT2D eigenvalue weighted by atomic mass is 16.7. The monoisotopic (exact) mass is 337 g/mol. The number of aromatic nitrogens is 2. The van der Waals surface area contributed by atoms with Crippen molar-refractivity contribution in [3.63, 3.8) is 0 Å². The third kappa shape index (κ3) is 2.49. The Kier molecular flexibility index (Phi) is 3.24. The van der Waals surface area contributed by atoms with E-state index < -0.39 is 17.8 Å². The molecule has 0 bridgehead atoms. The molecule has 0 saturated carbocycles. The van der Waals surface area contributed by atoms with Crippen molar-refractivity contribution in [2.75, 3.05) is 0 Å². The van der Waals surface area contributed by atoms with Gasteiger partial charge in [-0.05, 0) is 29.8 Å². The van der Waals surface area contributed by atoms with Crippen molar-refractivity contribution in [2.24, 2.45) is 0 Å². The number of benzene rings is 2. The van der Waals surface area contributed by atoms with Crippen LogP contribution in [0.15, 0.2) is 47.3 Å². The maximum atomic E-state index is 12.2. The number of carbonyl (C=O) groups is 3. The Labute approximate surface area is 140 Å². The lowest BCUT2D eigenvalue weighted by atomic mass is 10.1. The van der Waals surface area contributed by atoms with Gasteiger partial charge in [-0.1, -0.05) is 23.3 Å². The molecular weight excluding hydrogens is 326 g/mol. The number of amides is 2. The summed E-state index contributed by atoms with van der Waals surface area (Å²) in [5.41, 5.74) is 1.79. The van der Waals surface area contributed by atoms with Crippen molar-refractivity contribution >= 4 is 28.8 Å². The van der Waals surface area contributed by atoms with Gasteiger partial charge in [-0.25, -0.2) is 9.59 Å². The number of nitrogens with zero attached hydrogens (tertiary/aromatic N) is 1. The molecule has 3 aromatic rings. The van der Waals surface area contributed by atoms with Crippen LogP contribution in [0.1, 0.15) is 26.3 Å². The van der Waals surface area contributed by atoms with E-state index in [9.17, 15) is 19.2 Å². The normalized spacial score (nSPS) is 13.4. The topological polar surface area (TPSA) is 112 Å². The van der Waals surface area contributed by atoms with E-state index in [-0.39, 0.29) is 23.2 Å². The molecule has 1 aliphatic heterocycles. The molecule has 0 atom stereocenters. The molecule has 8 heteroatoms. The Morgan fingerprint density at radius 1 is 0.920 bits per heavy atom. The van der Waals surface area contributed by atoms with Gasteiger partial charge in [0.2, 0.25) is 0 Å². The molecule has 1 aliphatic rings. The van der Waals surface area contributed by atoms with Gasteiger partial charge in [0.15, 0.2) is 0 Å². The van der Waals surface area contributed by atoms with Crippen LogP contribution < -0.4 is 5.69 Å². The van der Waals surface area contributed by atoms with E-state index in [2.05, 4.69) is 9.97 Å². The zero-order valence-electron chi connectivity index (χ0n) is 12.7. The number of imidazole rings is 1. The number of rotatable bonds is 3. The van der Waals surface area contributed by atoms with E-state index in [1.807, 2.05) is 0 Å². The molecule has 8 nitrogen and oxygen atoms in total. The molecule has 4 rings (SSSR count). The molecular formula is C17H11N3O5. The summed E-state index contributed by atoms with van der Waals surface area (Å²) in [6, 6.07) is 11.2. The van der Waals surface area contributed by atoms with Crippen molar-refractivity contribution < 1.29 is 19.2 Å². The van der Waals surface area contributed by atoms with E-state index in [1.165, 1.54) is 12.1 Å². The number of imide groups is 1. The van der Waals surface area contributed by atoms with Gasteiger partial charge in [-0.3, -0.25) is 9.59 Å². The van der Waals surface area contributed by atoms with E-state index in [0.717, 1.165) is 0 Å². The molecule has 2 aromatic carbocycles. The first-order valence-corrected chi connectivity index (χ1v) is 7.42. The highest BCUT2D eigenvalue weighted by Crippen LogP contribution is 2.23. The van der Waals surface area contributed by atoms with E-state index in [0.29, 0.717) is 21.7 Å². The Bertz CT molecular complexity index is 1060. The number of aromatic amines is 2. The highest BCUT2D eigenvalue weighted by Gasteiger charge is 2.38. The van der Waals surface area contributed by atoms with Crippen molar-refractivity contribution in [3.05, 3.63) is 69.6 Å². The number of carbonyl (C=O) groups excluding carboxylic acids is 3. The summed E-state index contributed by atoms with van der Waals surface area (Å²) in [5.74, 6) is -2.09. The molecule has 0 aliphatic carbocycles. The molecule has 2 amide bonds. The first kappa shape index (κ1) is 14.9. The van der Waals surface area contributed by atoms with Gasteiger partial charge in [0.1, 0.15) is 0 Å². The summed E-state index contributed by atoms with van der Waals surface area (Å²) in [6.07, 6.45) is -0.156. The minimum atomic E-state index is -0.758. The van der Waals surface area contributed by atoms with E-state index in [1.54, 1.807) is 30.3 Å². The van der Waals surface area contributed by atoms with Gasteiger partial charge in [0, 0.05) is 0 Å². The SMILES string of the molecule is O=C(Cc1ccc2[nH]c(=O)[nH]c2c1)ON1C(=O)c2ccccc2C1=O. The van der Waals surface area contributed by atoms with Crippen LogP contribution in [0.4, 0.5) is 0 Å². The van der Waals surface area contributed by atoms with Crippen LogP contribution in [-0.4, -0.2) is 32.8 Å². The number of fused-ring (bicyclic) bond motifs is 2. The van der Waals surface area contributed by atoms with Crippen molar-refractivity contribution in [1.82, 2.24) is 15.0 Å². The maximum absolute atomic E-state index is 12.2. The minimum absolute atomic E-state index is 0.156. The fourth-order valence-electron chi connectivity index (χ4n) is 2.74. The van der Waals surface area contributed by atoms with Crippen molar-refractivity contribution in [1.29, 1.82) is 0 Å². The summed E-state index contributed by atoms with van der Waals surface area (Å²) in [7, 11) is 0. The number of nitrogens with one attached hydrogen (secondary N) is 2. The van der Waals surface area contributed by atoms with Crippen LogP contribution in [0.3, 0.4) is 0 Å². The molecule has 124 valence electrons. The van der Waals surface area contributed by atoms with Crippen LogP contribution in [0.5, 0.6) is 0 Å². The number of H-pyrrole nitrogens is 2. The zero-order valence-corrected chi connectivity index (χ0v) is 12.7. The van der Waals surface area contributed by atoms with E-state index >= 15 is 0 Å². The Balaban J connectivity index is 1.51. The van der Waals surface area contributed by atoms with Gasteiger partial charge in [0.25, 0.3) is 11.8 Å². The minimum Gasteiger partial charge on any atom is -0.329 e. The second kappa shape index (κ2) is 5.45. The molecule has 0 fully saturated rings. The van der Waals surface area contributed by atoms with Gasteiger partial charge in [0.05, 0.1) is 28.6 Å². The molecule has 0 spiro atoms. The molecule has 0 radical (unpaired) electrons. The predicted octanol–water partition coefficient (Wildman–Crippen LogP) is 1.15. The first-order valence-electron chi connectivity index (χ1n) is 7.42. The molecule has 25 heavy (non-hydrogen) atoms. The fraction of sp³-hybridized carbons (Fsp3) is 0.0588.